The number of anilines is 1. The highest BCUT2D eigenvalue weighted by atomic mass is 79.9. The van der Waals surface area contributed by atoms with E-state index in [1.54, 1.807) is 6.08 Å². The Balaban J connectivity index is 1.88. The van der Waals surface area contributed by atoms with Crippen LogP contribution in [-0.4, -0.2) is 21.3 Å². The lowest BCUT2D eigenvalue weighted by Gasteiger charge is -2.14. The van der Waals surface area contributed by atoms with E-state index in [2.05, 4.69) is 22.0 Å². The van der Waals surface area contributed by atoms with Crippen LogP contribution in [-0.2, 0) is 4.79 Å². The van der Waals surface area contributed by atoms with Crippen LogP contribution >= 0.6 is 39.9 Å². The van der Waals surface area contributed by atoms with Crippen LogP contribution in [0.15, 0.2) is 69.6 Å². The first-order chi connectivity index (χ1) is 13.4. The lowest BCUT2D eigenvalue weighted by molar-refractivity contribution is -0.113. The number of nitrogens with zero attached hydrogens (tertiary/aromatic N) is 2. The topological polar surface area (TPSA) is 81.4 Å². The third-order valence-corrected chi connectivity index (χ3v) is 5.60. The molecule has 1 aliphatic rings. The highest BCUT2D eigenvalue weighted by Gasteiger charge is 2.33. The summed E-state index contributed by atoms with van der Waals surface area (Å²) in [5.41, 5.74) is 1.75. The summed E-state index contributed by atoms with van der Waals surface area (Å²) in [6.45, 7) is 0. The fourth-order valence-corrected chi connectivity index (χ4v) is 3.98. The number of hydrogen-bond donors (Lipinski definition) is 1. The van der Waals surface area contributed by atoms with Crippen molar-refractivity contribution in [3.63, 3.8) is 0 Å². The van der Waals surface area contributed by atoms with Gasteiger partial charge in [-0.25, -0.2) is 4.79 Å². The van der Waals surface area contributed by atoms with Gasteiger partial charge in [0.05, 0.1) is 27.8 Å². The highest BCUT2D eigenvalue weighted by molar-refractivity contribution is 9.10. The summed E-state index contributed by atoms with van der Waals surface area (Å²) in [6.07, 6.45) is 3.19. The first kappa shape index (κ1) is 20.0. The van der Waals surface area contributed by atoms with Crippen LogP contribution in [0.5, 0.6) is 0 Å². The van der Waals surface area contributed by atoms with Crippen molar-refractivity contribution in [2.45, 2.75) is 0 Å². The fourth-order valence-electron chi connectivity index (χ4n) is 2.43. The zero-order chi connectivity index (χ0) is 20.3. The number of hydrogen-bond acceptors (Lipinski definition) is 5. The van der Waals surface area contributed by atoms with Gasteiger partial charge in [-0.2, -0.15) is 5.26 Å². The molecule has 2 aromatic rings. The van der Waals surface area contributed by atoms with Crippen molar-refractivity contribution in [3.8, 4) is 6.07 Å². The second-order valence-corrected chi connectivity index (χ2v) is 8.22. The SMILES string of the molecule is N#CC(=C\c1ccc(Br)cc1)/C=C1\SC(=S)N(c2ccc(C(=O)O)cc2)C1=O. The molecule has 1 aliphatic heterocycles. The Morgan fingerprint density at radius 2 is 1.82 bits per heavy atom. The Bertz CT molecular complexity index is 1070. The Morgan fingerprint density at radius 1 is 1.18 bits per heavy atom. The van der Waals surface area contributed by atoms with Crippen molar-refractivity contribution >= 4 is 67.9 Å². The van der Waals surface area contributed by atoms with Crippen LogP contribution in [0.4, 0.5) is 5.69 Å². The predicted octanol–water partition coefficient (Wildman–Crippen LogP) is 5.00. The van der Waals surface area contributed by atoms with Crippen LogP contribution in [0, 0.1) is 11.3 Å². The molecule has 0 spiro atoms. The molecule has 0 radical (unpaired) electrons. The quantitative estimate of drug-likeness (QED) is 0.384. The first-order valence-electron chi connectivity index (χ1n) is 7.88. The molecule has 1 amide bonds. The number of nitriles is 1. The minimum atomic E-state index is -1.05. The van der Waals surface area contributed by atoms with Gasteiger partial charge in [-0.3, -0.25) is 9.69 Å². The van der Waals surface area contributed by atoms with E-state index in [0.717, 1.165) is 21.8 Å². The minimum Gasteiger partial charge on any atom is -0.478 e. The van der Waals surface area contributed by atoms with E-state index in [1.165, 1.54) is 35.2 Å². The molecular formula is C20H11BrN2O3S2. The number of rotatable bonds is 4. The van der Waals surface area contributed by atoms with Crippen molar-refractivity contribution in [1.29, 1.82) is 5.26 Å². The van der Waals surface area contributed by atoms with Gasteiger partial charge in [0, 0.05) is 4.47 Å². The number of carboxylic acids is 1. The third kappa shape index (κ3) is 4.39. The average Bonchev–Trinajstić information content (AvgIpc) is 2.96. The Morgan fingerprint density at radius 3 is 2.39 bits per heavy atom. The number of thiocarbonyl (C=S) groups is 1. The summed E-state index contributed by atoms with van der Waals surface area (Å²) in [6, 6.07) is 15.4. The van der Waals surface area contributed by atoms with Gasteiger partial charge in [-0.1, -0.05) is 52.0 Å². The van der Waals surface area contributed by atoms with E-state index < -0.39 is 5.97 Å². The summed E-state index contributed by atoms with van der Waals surface area (Å²) in [5.74, 6) is -1.40. The van der Waals surface area contributed by atoms with Crippen LogP contribution in [0.25, 0.3) is 6.08 Å². The van der Waals surface area contributed by atoms with E-state index in [4.69, 9.17) is 17.3 Å². The molecule has 1 fully saturated rings. The molecule has 28 heavy (non-hydrogen) atoms. The van der Waals surface area contributed by atoms with Gasteiger partial charge in [0.1, 0.15) is 0 Å². The number of thioether (sulfide) groups is 1. The molecule has 0 aliphatic carbocycles. The third-order valence-electron chi connectivity index (χ3n) is 3.77. The second kappa shape index (κ2) is 8.52. The van der Waals surface area contributed by atoms with Crippen LogP contribution < -0.4 is 4.90 Å². The van der Waals surface area contributed by atoms with Gasteiger partial charge in [0.2, 0.25) is 0 Å². The summed E-state index contributed by atoms with van der Waals surface area (Å²) >= 11 is 9.75. The van der Waals surface area contributed by atoms with Gasteiger partial charge in [0.25, 0.3) is 5.91 Å². The number of halogens is 1. The lowest BCUT2D eigenvalue weighted by atomic mass is 10.1. The highest BCUT2D eigenvalue weighted by Crippen LogP contribution is 2.35. The lowest BCUT2D eigenvalue weighted by Crippen LogP contribution is -2.27. The van der Waals surface area contributed by atoms with Gasteiger partial charge in [-0.05, 0) is 54.1 Å². The van der Waals surface area contributed by atoms with E-state index in [0.29, 0.717) is 20.5 Å². The van der Waals surface area contributed by atoms with Crippen molar-refractivity contribution in [2.75, 3.05) is 4.90 Å². The molecular weight excluding hydrogens is 460 g/mol. The molecule has 3 rings (SSSR count). The number of carboxylic acid groups (broad SMARTS) is 1. The summed E-state index contributed by atoms with van der Waals surface area (Å²) in [7, 11) is 0. The summed E-state index contributed by atoms with van der Waals surface area (Å²) in [5, 5.41) is 18.4. The Labute approximate surface area is 179 Å². The van der Waals surface area contributed by atoms with Crippen molar-refractivity contribution in [2.24, 2.45) is 0 Å². The second-order valence-electron chi connectivity index (χ2n) is 5.63. The van der Waals surface area contributed by atoms with E-state index in [-0.39, 0.29) is 11.5 Å². The van der Waals surface area contributed by atoms with Gasteiger partial charge < -0.3 is 5.11 Å². The molecule has 0 saturated carbocycles. The molecule has 0 aromatic heterocycles. The number of carbonyl (C=O) groups is 2. The maximum Gasteiger partial charge on any atom is 0.335 e. The molecule has 2 aromatic carbocycles. The van der Waals surface area contributed by atoms with Gasteiger partial charge in [-0.15, -0.1) is 0 Å². The maximum atomic E-state index is 12.8. The van der Waals surface area contributed by atoms with Crippen LogP contribution in [0.2, 0.25) is 0 Å². The average molecular weight is 471 g/mol. The molecule has 0 unspecified atom stereocenters. The monoisotopic (exact) mass is 470 g/mol. The summed E-state index contributed by atoms with van der Waals surface area (Å²) < 4.78 is 1.25. The van der Waals surface area contributed by atoms with Crippen molar-refractivity contribution in [1.82, 2.24) is 0 Å². The van der Waals surface area contributed by atoms with Gasteiger partial charge >= 0.3 is 5.97 Å². The zero-order valence-electron chi connectivity index (χ0n) is 14.1. The standard InChI is InChI=1S/C20H11BrN2O3S2/c21-15-5-1-12(2-6-15)9-13(11-22)10-17-18(24)23(20(27)28-17)16-7-3-14(4-8-16)19(25)26/h1-10H,(H,25,26)/b13-9-,17-10-. The molecule has 0 atom stereocenters. The number of aromatic carboxylic acids is 1. The maximum absolute atomic E-state index is 12.8. The molecule has 1 N–H and O–H groups in total. The zero-order valence-corrected chi connectivity index (χ0v) is 17.3. The predicted molar refractivity (Wildman–Crippen MR) is 117 cm³/mol. The van der Waals surface area contributed by atoms with E-state index in [1.807, 2.05) is 24.3 Å². The van der Waals surface area contributed by atoms with Gasteiger partial charge in [0.15, 0.2) is 4.32 Å². The largest absolute Gasteiger partial charge is 0.478 e. The Kier molecular flexibility index (Phi) is 6.09. The Hall–Kier alpha value is -2.73. The molecule has 5 nitrogen and oxygen atoms in total. The molecule has 1 heterocycles. The minimum absolute atomic E-state index is 0.119. The number of allylic oxidation sites excluding steroid dienone is 2. The number of amides is 1. The molecule has 0 bridgehead atoms. The van der Waals surface area contributed by atoms with Crippen molar-refractivity contribution in [3.05, 3.63) is 80.7 Å². The normalized spacial score (nSPS) is 15.8. The number of benzene rings is 2. The molecule has 8 heteroatoms. The fraction of sp³-hybridized carbons (Fsp3) is 0. The number of carbonyl (C=O) groups excluding carboxylic acids is 1. The van der Waals surface area contributed by atoms with E-state index in [9.17, 15) is 14.9 Å². The molecule has 1 saturated heterocycles. The summed E-state index contributed by atoms with van der Waals surface area (Å²) in [4.78, 5) is 25.4. The van der Waals surface area contributed by atoms with Crippen LogP contribution in [0.3, 0.4) is 0 Å². The van der Waals surface area contributed by atoms with Crippen molar-refractivity contribution < 1.29 is 14.7 Å². The van der Waals surface area contributed by atoms with Crippen LogP contribution in [0.1, 0.15) is 15.9 Å². The van der Waals surface area contributed by atoms with E-state index >= 15 is 0 Å². The smallest absolute Gasteiger partial charge is 0.335 e. The first-order valence-corrected chi connectivity index (χ1v) is 9.89. The molecule has 138 valence electrons.